The Kier molecular flexibility index (Phi) is 5.46. The van der Waals surface area contributed by atoms with Crippen LogP contribution < -0.4 is 5.73 Å². The van der Waals surface area contributed by atoms with E-state index in [1.807, 2.05) is 6.07 Å². The van der Waals surface area contributed by atoms with Crippen LogP contribution in [0.15, 0.2) is 22.8 Å². The van der Waals surface area contributed by atoms with Crippen molar-refractivity contribution in [2.24, 2.45) is 17.6 Å². The summed E-state index contributed by atoms with van der Waals surface area (Å²) in [5, 5.41) is 0. The lowest BCUT2D eigenvalue weighted by Crippen LogP contribution is -2.44. The summed E-state index contributed by atoms with van der Waals surface area (Å²) in [6.07, 6.45) is 6.88. The van der Waals surface area contributed by atoms with E-state index in [1.54, 1.807) is 6.26 Å². The van der Waals surface area contributed by atoms with Crippen LogP contribution in [0.2, 0.25) is 0 Å². The summed E-state index contributed by atoms with van der Waals surface area (Å²) >= 11 is 0. The number of hydrogen-bond donors (Lipinski definition) is 1. The Morgan fingerprint density at radius 2 is 2.21 bits per heavy atom. The van der Waals surface area contributed by atoms with Crippen LogP contribution in [0.5, 0.6) is 0 Å². The minimum absolute atomic E-state index is 0.681. The molecule has 2 rings (SSSR count). The maximum absolute atomic E-state index is 5.69. The molecule has 0 aromatic carbocycles. The number of nitrogens with zero attached hydrogens (tertiary/aromatic N) is 1. The molecule has 1 fully saturated rings. The SMILES string of the molecule is C[C@H]1[C@H](C)CCC[C@@H]1N(CCCN)Cc1ccco1. The minimum Gasteiger partial charge on any atom is -0.468 e. The lowest BCUT2D eigenvalue weighted by Gasteiger charge is -2.41. The summed E-state index contributed by atoms with van der Waals surface area (Å²) in [7, 11) is 0. The van der Waals surface area contributed by atoms with E-state index in [4.69, 9.17) is 10.2 Å². The fraction of sp³-hybridized carbons (Fsp3) is 0.750. The van der Waals surface area contributed by atoms with E-state index in [0.717, 1.165) is 43.7 Å². The highest BCUT2D eigenvalue weighted by Crippen LogP contribution is 2.33. The molecule has 0 radical (unpaired) electrons. The molecule has 0 bridgehead atoms. The van der Waals surface area contributed by atoms with Crippen molar-refractivity contribution in [3.8, 4) is 0 Å². The quantitative estimate of drug-likeness (QED) is 0.857. The van der Waals surface area contributed by atoms with Crippen molar-refractivity contribution in [2.45, 2.75) is 52.1 Å². The average Bonchev–Trinajstić information content (AvgIpc) is 2.91. The van der Waals surface area contributed by atoms with Gasteiger partial charge in [-0.15, -0.1) is 0 Å². The Hall–Kier alpha value is -0.800. The minimum atomic E-state index is 0.681. The van der Waals surface area contributed by atoms with Crippen LogP contribution in [0, 0.1) is 11.8 Å². The zero-order valence-corrected chi connectivity index (χ0v) is 12.3. The predicted molar refractivity (Wildman–Crippen MR) is 78.8 cm³/mol. The van der Waals surface area contributed by atoms with Gasteiger partial charge in [-0.2, -0.15) is 0 Å². The third-order valence-corrected chi connectivity index (χ3v) is 4.72. The van der Waals surface area contributed by atoms with Gasteiger partial charge < -0.3 is 10.2 Å². The summed E-state index contributed by atoms with van der Waals surface area (Å²) in [6.45, 7) is 7.58. The standard InChI is InChI=1S/C16H28N2O/c1-13-6-3-8-16(14(13)2)18(10-5-9-17)12-15-7-4-11-19-15/h4,7,11,13-14,16H,3,5-6,8-10,12,17H2,1-2H3/t13-,14+,16+/m1/s1. The van der Waals surface area contributed by atoms with E-state index >= 15 is 0 Å². The summed E-state index contributed by atoms with van der Waals surface area (Å²) in [6, 6.07) is 4.73. The van der Waals surface area contributed by atoms with Crippen LogP contribution in [0.3, 0.4) is 0 Å². The largest absolute Gasteiger partial charge is 0.468 e. The van der Waals surface area contributed by atoms with Gasteiger partial charge in [0.15, 0.2) is 0 Å². The molecule has 3 nitrogen and oxygen atoms in total. The van der Waals surface area contributed by atoms with E-state index < -0.39 is 0 Å². The maximum atomic E-state index is 5.69. The molecule has 19 heavy (non-hydrogen) atoms. The Labute approximate surface area is 117 Å². The third kappa shape index (κ3) is 3.83. The first kappa shape index (κ1) is 14.6. The summed E-state index contributed by atoms with van der Waals surface area (Å²) in [5.41, 5.74) is 5.69. The van der Waals surface area contributed by atoms with Gasteiger partial charge in [0.2, 0.25) is 0 Å². The zero-order valence-electron chi connectivity index (χ0n) is 12.3. The van der Waals surface area contributed by atoms with Crippen LogP contribution >= 0.6 is 0 Å². The number of nitrogens with two attached hydrogens (primary N) is 1. The second-order valence-electron chi connectivity index (χ2n) is 6.03. The van der Waals surface area contributed by atoms with E-state index in [0.29, 0.717) is 6.04 Å². The number of furan rings is 1. The van der Waals surface area contributed by atoms with Gasteiger partial charge in [0.05, 0.1) is 12.8 Å². The van der Waals surface area contributed by atoms with Crippen LogP contribution in [0.1, 0.15) is 45.3 Å². The van der Waals surface area contributed by atoms with Gasteiger partial charge in [-0.05, 0) is 43.4 Å². The molecule has 108 valence electrons. The molecule has 1 heterocycles. The molecule has 0 unspecified atom stereocenters. The monoisotopic (exact) mass is 264 g/mol. The van der Waals surface area contributed by atoms with Gasteiger partial charge in [-0.25, -0.2) is 0 Å². The molecule has 1 aromatic heterocycles. The van der Waals surface area contributed by atoms with Crippen molar-refractivity contribution >= 4 is 0 Å². The molecule has 1 aliphatic carbocycles. The van der Waals surface area contributed by atoms with Crippen LogP contribution in [0.4, 0.5) is 0 Å². The normalized spacial score (nSPS) is 27.9. The first-order valence-electron chi connectivity index (χ1n) is 7.69. The van der Waals surface area contributed by atoms with Crippen LogP contribution in [-0.4, -0.2) is 24.0 Å². The van der Waals surface area contributed by atoms with Crippen molar-refractivity contribution in [1.29, 1.82) is 0 Å². The lowest BCUT2D eigenvalue weighted by atomic mass is 9.77. The highest BCUT2D eigenvalue weighted by molar-refractivity contribution is 4.99. The molecule has 1 aromatic rings. The predicted octanol–water partition coefficient (Wildman–Crippen LogP) is 3.26. The van der Waals surface area contributed by atoms with E-state index in [-0.39, 0.29) is 0 Å². The summed E-state index contributed by atoms with van der Waals surface area (Å²) in [5.74, 6) is 2.67. The van der Waals surface area contributed by atoms with Crippen LogP contribution in [-0.2, 0) is 6.54 Å². The Morgan fingerprint density at radius 1 is 1.37 bits per heavy atom. The molecular formula is C16H28N2O. The van der Waals surface area contributed by atoms with Gasteiger partial charge in [0.25, 0.3) is 0 Å². The Balaban J connectivity index is 2.02. The zero-order chi connectivity index (χ0) is 13.7. The van der Waals surface area contributed by atoms with Gasteiger partial charge in [0.1, 0.15) is 5.76 Å². The molecule has 0 aliphatic heterocycles. The third-order valence-electron chi connectivity index (χ3n) is 4.72. The number of hydrogen-bond acceptors (Lipinski definition) is 3. The van der Waals surface area contributed by atoms with Crippen LogP contribution in [0.25, 0.3) is 0 Å². The molecule has 3 heteroatoms. The molecule has 3 atom stereocenters. The van der Waals surface area contributed by atoms with Crippen molar-refractivity contribution < 1.29 is 4.42 Å². The van der Waals surface area contributed by atoms with E-state index in [1.165, 1.54) is 19.3 Å². The molecule has 1 aliphatic rings. The van der Waals surface area contributed by atoms with E-state index in [9.17, 15) is 0 Å². The molecule has 2 N–H and O–H groups in total. The van der Waals surface area contributed by atoms with Crippen molar-refractivity contribution in [3.63, 3.8) is 0 Å². The maximum Gasteiger partial charge on any atom is 0.117 e. The summed E-state index contributed by atoms with van der Waals surface area (Å²) < 4.78 is 5.52. The van der Waals surface area contributed by atoms with Gasteiger partial charge >= 0.3 is 0 Å². The topological polar surface area (TPSA) is 42.4 Å². The second kappa shape index (κ2) is 7.11. The lowest BCUT2D eigenvalue weighted by molar-refractivity contribution is 0.0690. The molecule has 0 spiro atoms. The van der Waals surface area contributed by atoms with Gasteiger partial charge in [-0.1, -0.05) is 26.7 Å². The highest BCUT2D eigenvalue weighted by atomic mass is 16.3. The highest BCUT2D eigenvalue weighted by Gasteiger charge is 2.31. The Bertz CT molecular complexity index is 350. The Morgan fingerprint density at radius 3 is 2.89 bits per heavy atom. The fourth-order valence-electron chi connectivity index (χ4n) is 3.33. The summed E-state index contributed by atoms with van der Waals surface area (Å²) in [4.78, 5) is 2.59. The van der Waals surface area contributed by atoms with Crippen molar-refractivity contribution in [2.75, 3.05) is 13.1 Å². The van der Waals surface area contributed by atoms with Gasteiger partial charge in [-0.3, -0.25) is 4.90 Å². The first-order chi connectivity index (χ1) is 9.22. The molecule has 1 saturated carbocycles. The van der Waals surface area contributed by atoms with Crippen molar-refractivity contribution in [3.05, 3.63) is 24.2 Å². The molecular weight excluding hydrogens is 236 g/mol. The second-order valence-corrected chi connectivity index (χ2v) is 6.03. The fourth-order valence-corrected chi connectivity index (χ4v) is 3.33. The van der Waals surface area contributed by atoms with E-state index in [2.05, 4.69) is 24.8 Å². The first-order valence-corrected chi connectivity index (χ1v) is 7.69. The smallest absolute Gasteiger partial charge is 0.117 e. The average molecular weight is 264 g/mol. The van der Waals surface area contributed by atoms with Gasteiger partial charge in [0, 0.05) is 12.6 Å². The van der Waals surface area contributed by atoms with Crippen molar-refractivity contribution in [1.82, 2.24) is 4.90 Å². The number of rotatable bonds is 6. The molecule has 0 saturated heterocycles. The molecule has 0 amide bonds.